The minimum atomic E-state index is -0.219. The predicted molar refractivity (Wildman–Crippen MR) is 117 cm³/mol. The van der Waals surface area contributed by atoms with Crippen molar-refractivity contribution in [2.45, 2.75) is 32.4 Å². The van der Waals surface area contributed by atoms with Gasteiger partial charge < -0.3 is 18.2 Å². The standard InChI is InChI=1S/C22H18ClN5O4/c1-12-4-7-17(31-12)21-25-20(26-32-21)18-19-22(29)27(10-14-3-2-8-30-14)16-9-13(23)5-6-15(16)28(19)11-24-18/h4-7,9,11,14H,2-3,8,10H2,1H3. The number of hydrogen-bond donors (Lipinski definition) is 0. The maximum atomic E-state index is 13.7. The lowest BCUT2D eigenvalue weighted by molar-refractivity contribution is 0.0973. The molecule has 5 aromatic rings. The third kappa shape index (κ3) is 3.04. The topological polar surface area (TPSA) is 101 Å². The van der Waals surface area contributed by atoms with E-state index in [1.54, 1.807) is 33.5 Å². The third-order valence-electron chi connectivity index (χ3n) is 5.70. The van der Waals surface area contributed by atoms with Crippen LogP contribution in [0.1, 0.15) is 18.6 Å². The summed E-state index contributed by atoms with van der Waals surface area (Å²) in [5.74, 6) is 1.63. The Morgan fingerprint density at radius 3 is 2.91 bits per heavy atom. The van der Waals surface area contributed by atoms with E-state index in [9.17, 15) is 4.79 Å². The zero-order valence-corrected chi connectivity index (χ0v) is 17.9. The second kappa shape index (κ2) is 7.32. The molecule has 0 bridgehead atoms. The molecule has 0 aliphatic carbocycles. The minimum Gasteiger partial charge on any atom is -0.456 e. The number of halogens is 1. The zero-order chi connectivity index (χ0) is 21.8. The van der Waals surface area contributed by atoms with Crippen LogP contribution < -0.4 is 5.56 Å². The largest absolute Gasteiger partial charge is 0.456 e. The van der Waals surface area contributed by atoms with Gasteiger partial charge in [-0.05, 0) is 50.1 Å². The summed E-state index contributed by atoms with van der Waals surface area (Å²) in [4.78, 5) is 22.5. The molecule has 0 amide bonds. The number of aromatic nitrogens is 5. The maximum Gasteiger partial charge on any atom is 0.293 e. The van der Waals surface area contributed by atoms with Crippen LogP contribution in [0.2, 0.25) is 5.02 Å². The lowest BCUT2D eigenvalue weighted by Gasteiger charge is -2.16. The Morgan fingerprint density at radius 2 is 2.12 bits per heavy atom. The first-order chi connectivity index (χ1) is 15.6. The van der Waals surface area contributed by atoms with Crippen LogP contribution in [0, 0.1) is 6.92 Å². The molecule has 1 unspecified atom stereocenters. The number of aryl methyl sites for hydroxylation is 1. The molecular weight excluding hydrogens is 434 g/mol. The smallest absolute Gasteiger partial charge is 0.293 e. The van der Waals surface area contributed by atoms with Crippen molar-refractivity contribution < 1.29 is 13.7 Å². The Bertz CT molecular complexity index is 1520. The SMILES string of the molecule is Cc1ccc(-c2nc(-c3ncn4c3c(=O)n(CC3CCCO3)c3cc(Cl)ccc34)no2)o1. The van der Waals surface area contributed by atoms with Crippen molar-refractivity contribution in [2.75, 3.05) is 6.61 Å². The van der Waals surface area contributed by atoms with E-state index in [1.165, 1.54) is 0 Å². The van der Waals surface area contributed by atoms with E-state index in [2.05, 4.69) is 15.1 Å². The van der Waals surface area contributed by atoms with Crippen LogP contribution in [0.4, 0.5) is 0 Å². The summed E-state index contributed by atoms with van der Waals surface area (Å²) in [6.45, 7) is 2.97. The van der Waals surface area contributed by atoms with E-state index in [0.717, 1.165) is 24.1 Å². The number of imidazole rings is 1. The second-order valence-electron chi connectivity index (χ2n) is 7.83. The maximum absolute atomic E-state index is 13.7. The van der Waals surface area contributed by atoms with Gasteiger partial charge in [0.25, 0.3) is 11.4 Å². The van der Waals surface area contributed by atoms with Crippen molar-refractivity contribution in [1.82, 2.24) is 24.1 Å². The van der Waals surface area contributed by atoms with Gasteiger partial charge in [0.2, 0.25) is 5.82 Å². The first-order valence-electron chi connectivity index (χ1n) is 10.3. The van der Waals surface area contributed by atoms with Crippen molar-refractivity contribution in [2.24, 2.45) is 0 Å². The third-order valence-corrected chi connectivity index (χ3v) is 5.94. The average Bonchev–Trinajstić information content (AvgIpc) is 3.57. The Morgan fingerprint density at radius 1 is 1.22 bits per heavy atom. The summed E-state index contributed by atoms with van der Waals surface area (Å²) in [7, 11) is 0. The molecule has 6 rings (SSSR count). The number of nitrogens with zero attached hydrogens (tertiary/aromatic N) is 5. The van der Waals surface area contributed by atoms with Crippen molar-refractivity contribution in [3.63, 3.8) is 0 Å². The predicted octanol–water partition coefficient (Wildman–Crippen LogP) is 4.10. The molecule has 4 aromatic heterocycles. The van der Waals surface area contributed by atoms with Crippen LogP contribution in [0.25, 0.3) is 39.7 Å². The van der Waals surface area contributed by atoms with E-state index in [0.29, 0.717) is 40.7 Å². The van der Waals surface area contributed by atoms with Crippen molar-refractivity contribution in [1.29, 1.82) is 0 Å². The van der Waals surface area contributed by atoms with Crippen molar-refractivity contribution in [3.05, 3.63) is 57.8 Å². The number of rotatable bonds is 4. The van der Waals surface area contributed by atoms with Crippen LogP contribution in [-0.4, -0.2) is 36.8 Å². The van der Waals surface area contributed by atoms with E-state index >= 15 is 0 Å². The van der Waals surface area contributed by atoms with Gasteiger partial charge in [-0.3, -0.25) is 9.20 Å². The van der Waals surface area contributed by atoms with Crippen LogP contribution >= 0.6 is 11.6 Å². The second-order valence-corrected chi connectivity index (χ2v) is 8.27. The fourth-order valence-electron chi connectivity index (χ4n) is 4.20. The normalized spacial score (nSPS) is 16.5. The molecule has 0 spiro atoms. The molecule has 1 aromatic carbocycles. The van der Waals surface area contributed by atoms with Crippen LogP contribution in [0.5, 0.6) is 0 Å². The molecule has 1 atom stereocenters. The van der Waals surface area contributed by atoms with E-state index in [4.69, 9.17) is 25.3 Å². The summed E-state index contributed by atoms with van der Waals surface area (Å²) < 4.78 is 20.2. The summed E-state index contributed by atoms with van der Waals surface area (Å²) in [5.41, 5.74) is 2.00. The molecule has 162 valence electrons. The number of furan rings is 1. The van der Waals surface area contributed by atoms with Crippen LogP contribution in [-0.2, 0) is 11.3 Å². The number of fused-ring (bicyclic) bond motifs is 3. The molecule has 10 heteroatoms. The van der Waals surface area contributed by atoms with Crippen LogP contribution in [0.15, 0.2) is 50.4 Å². The lowest BCUT2D eigenvalue weighted by atomic mass is 10.2. The van der Waals surface area contributed by atoms with Crippen molar-refractivity contribution in [3.8, 4) is 23.2 Å². The molecule has 9 nitrogen and oxygen atoms in total. The highest BCUT2D eigenvalue weighted by Crippen LogP contribution is 2.27. The summed E-state index contributed by atoms with van der Waals surface area (Å²) in [6, 6.07) is 9.01. The highest BCUT2D eigenvalue weighted by Gasteiger charge is 2.24. The average molecular weight is 452 g/mol. The first-order valence-corrected chi connectivity index (χ1v) is 10.7. The van der Waals surface area contributed by atoms with E-state index < -0.39 is 0 Å². The highest BCUT2D eigenvalue weighted by molar-refractivity contribution is 6.31. The molecule has 0 saturated carbocycles. The number of benzene rings is 1. The molecule has 0 radical (unpaired) electrons. The van der Waals surface area contributed by atoms with Gasteiger partial charge in [-0.2, -0.15) is 4.98 Å². The molecular formula is C22H18ClN5O4. The monoisotopic (exact) mass is 451 g/mol. The van der Waals surface area contributed by atoms with Gasteiger partial charge in [0.05, 0.1) is 23.7 Å². The molecule has 5 heterocycles. The summed E-state index contributed by atoms with van der Waals surface area (Å²) >= 11 is 6.26. The fraction of sp³-hybridized carbons (Fsp3) is 0.273. The molecule has 1 saturated heterocycles. The Balaban J connectivity index is 1.56. The Kier molecular flexibility index (Phi) is 4.41. The molecule has 32 heavy (non-hydrogen) atoms. The van der Waals surface area contributed by atoms with Gasteiger partial charge >= 0.3 is 0 Å². The quantitative estimate of drug-likeness (QED) is 0.405. The van der Waals surface area contributed by atoms with E-state index in [1.807, 2.05) is 19.1 Å². The summed E-state index contributed by atoms with van der Waals surface area (Å²) in [5, 5.41) is 4.60. The Hall–Kier alpha value is -3.43. The summed E-state index contributed by atoms with van der Waals surface area (Å²) in [6.07, 6.45) is 3.45. The minimum absolute atomic E-state index is 0.0253. The lowest BCUT2D eigenvalue weighted by Crippen LogP contribution is -2.28. The van der Waals surface area contributed by atoms with Gasteiger partial charge in [0, 0.05) is 11.6 Å². The van der Waals surface area contributed by atoms with Gasteiger partial charge in [-0.15, -0.1) is 0 Å². The van der Waals surface area contributed by atoms with Crippen LogP contribution in [0.3, 0.4) is 0 Å². The van der Waals surface area contributed by atoms with Gasteiger partial charge in [0.15, 0.2) is 5.76 Å². The molecule has 1 aliphatic rings. The van der Waals surface area contributed by atoms with Crippen molar-refractivity contribution >= 4 is 28.2 Å². The van der Waals surface area contributed by atoms with E-state index in [-0.39, 0.29) is 23.4 Å². The van der Waals surface area contributed by atoms with Gasteiger partial charge in [0.1, 0.15) is 23.3 Å². The number of ether oxygens (including phenoxy) is 1. The molecule has 1 fully saturated rings. The first kappa shape index (κ1) is 19.3. The molecule has 0 N–H and O–H groups in total. The highest BCUT2D eigenvalue weighted by atomic mass is 35.5. The van der Waals surface area contributed by atoms with Gasteiger partial charge in [-0.25, -0.2) is 4.98 Å². The number of hydrogen-bond acceptors (Lipinski definition) is 7. The van der Waals surface area contributed by atoms with Gasteiger partial charge in [-0.1, -0.05) is 16.8 Å². The Labute approximate surface area is 186 Å². The fourth-order valence-corrected chi connectivity index (χ4v) is 4.36. The molecule has 1 aliphatic heterocycles. The zero-order valence-electron chi connectivity index (χ0n) is 17.1.